The summed E-state index contributed by atoms with van der Waals surface area (Å²) < 4.78 is 17.0. The van der Waals surface area contributed by atoms with E-state index in [9.17, 15) is 4.79 Å². The Morgan fingerprint density at radius 1 is 1.07 bits per heavy atom. The molecule has 6 heteroatoms. The summed E-state index contributed by atoms with van der Waals surface area (Å²) in [7, 11) is 1.58. The molecule has 0 saturated heterocycles. The SMILES string of the molecule is COc1ccc(NC(=O)c2ccc(OCC3CC3)cc2)cc1OCc1cccnc1. The van der Waals surface area contributed by atoms with Crippen LogP contribution in [-0.2, 0) is 6.61 Å². The van der Waals surface area contributed by atoms with Gasteiger partial charge in [0.25, 0.3) is 5.91 Å². The average molecular weight is 404 g/mol. The van der Waals surface area contributed by atoms with Crippen LogP contribution in [0.5, 0.6) is 17.2 Å². The van der Waals surface area contributed by atoms with Gasteiger partial charge in [-0.05, 0) is 61.2 Å². The summed E-state index contributed by atoms with van der Waals surface area (Å²) in [6.45, 7) is 1.10. The van der Waals surface area contributed by atoms with E-state index in [0.717, 1.165) is 17.9 Å². The number of nitrogens with one attached hydrogen (secondary N) is 1. The average Bonchev–Trinajstić information content (AvgIpc) is 3.62. The van der Waals surface area contributed by atoms with Gasteiger partial charge < -0.3 is 19.5 Å². The molecule has 6 nitrogen and oxygen atoms in total. The highest BCUT2D eigenvalue weighted by atomic mass is 16.5. The summed E-state index contributed by atoms with van der Waals surface area (Å²) in [6.07, 6.45) is 5.95. The van der Waals surface area contributed by atoms with Crippen molar-refractivity contribution in [2.75, 3.05) is 19.0 Å². The Hall–Kier alpha value is -3.54. The second-order valence-corrected chi connectivity index (χ2v) is 7.25. The zero-order valence-corrected chi connectivity index (χ0v) is 16.8. The number of hydrogen-bond donors (Lipinski definition) is 1. The van der Waals surface area contributed by atoms with Crippen LogP contribution in [0.15, 0.2) is 67.0 Å². The van der Waals surface area contributed by atoms with E-state index in [4.69, 9.17) is 14.2 Å². The van der Waals surface area contributed by atoms with Gasteiger partial charge in [0.1, 0.15) is 12.4 Å². The van der Waals surface area contributed by atoms with Crippen LogP contribution in [0.25, 0.3) is 0 Å². The van der Waals surface area contributed by atoms with Gasteiger partial charge in [-0.25, -0.2) is 0 Å². The number of hydrogen-bond acceptors (Lipinski definition) is 5. The zero-order valence-electron chi connectivity index (χ0n) is 16.8. The number of ether oxygens (including phenoxy) is 3. The topological polar surface area (TPSA) is 69.7 Å². The minimum absolute atomic E-state index is 0.202. The predicted molar refractivity (Wildman–Crippen MR) is 114 cm³/mol. The van der Waals surface area contributed by atoms with Gasteiger partial charge in [0.15, 0.2) is 11.5 Å². The van der Waals surface area contributed by atoms with Crippen LogP contribution in [0, 0.1) is 5.92 Å². The van der Waals surface area contributed by atoms with Crippen molar-refractivity contribution in [3.8, 4) is 17.2 Å². The first-order chi connectivity index (χ1) is 14.7. The molecule has 0 bridgehead atoms. The fraction of sp³-hybridized carbons (Fsp3) is 0.250. The highest BCUT2D eigenvalue weighted by molar-refractivity contribution is 6.04. The Morgan fingerprint density at radius 2 is 1.90 bits per heavy atom. The lowest BCUT2D eigenvalue weighted by atomic mass is 10.2. The van der Waals surface area contributed by atoms with E-state index in [1.165, 1.54) is 12.8 Å². The molecular formula is C24H24N2O4. The van der Waals surface area contributed by atoms with Crippen LogP contribution in [0.1, 0.15) is 28.8 Å². The third-order valence-electron chi connectivity index (χ3n) is 4.84. The van der Waals surface area contributed by atoms with Crippen molar-refractivity contribution in [2.45, 2.75) is 19.4 Å². The van der Waals surface area contributed by atoms with Crippen molar-refractivity contribution in [3.63, 3.8) is 0 Å². The van der Waals surface area contributed by atoms with Crippen molar-refractivity contribution >= 4 is 11.6 Å². The summed E-state index contributed by atoms with van der Waals surface area (Å²) in [6, 6.07) is 16.3. The summed E-state index contributed by atoms with van der Waals surface area (Å²) in [5.74, 6) is 2.41. The monoisotopic (exact) mass is 404 g/mol. The Morgan fingerprint density at radius 3 is 2.60 bits per heavy atom. The van der Waals surface area contributed by atoms with E-state index in [1.807, 2.05) is 24.3 Å². The molecule has 30 heavy (non-hydrogen) atoms. The van der Waals surface area contributed by atoms with Gasteiger partial charge in [0.2, 0.25) is 0 Å². The van der Waals surface area contributed by atoms with Crippen LogP contribution in [0.3, 0.4) is 0 Å². The van der Waals surface area contributed by atoms with Crippen LogP contribution >= 0.6 is 0 Å². The maximum Gasteiger partial charge on any atom is 0.255 e. The van der Waals surface area contributed by atoms with E-state index in [1.54, 1.807) is 49.8 Å². The highest BCUT2D eigenvalue weighted by Gasteiger charge is 2.21. The van der Waals surface area contributed by atoms with Crippen LogP contribution in [0.4, 0.5) is 5.69 Å². The van der Waals surface area contributed by atoms with E-state index < -0.39 is 0 Å². The van der Waals surface area contributed by atoms with Gasteiger partial charge in [-0.1, -0.05) is 6.07 Å². The number of aromatic nitrogens is 1. The molecule has 1 N–H and O–H groups in total. The molecular weight excluding hydrogens is 380 g/mol. The van der Waals surface area contributed by atoms with Gasteiger partial charge in [0, 0.05) is 35.3 Å². The normalized spacial score (nSPS) is 12.8. The summed E-state index contributed by atoms with van der Waals surface area (Å²) in [4.78, 5) is 16.7. The minimum atomic E-state index is -0.202. The van der Waals surface area contributed by atoms with Crippen molar-refractivity contribution in [3.05, 3.63) is 78.1 Å². The second kappa shape index (κ2) is 9.31. The molecule has 0 spiro atoms. The van der Waals surface area contributed by atoms with Gasteiger partial charge >= 0.3 is 0 Å². The Kier molecular flexibility index (Phi) is 6.13. The van der Waals surface area contributed by atoms with E-state index in [0.29, 0.717) is 35.3 Å². The molecule has 0 radical (unpaired) electrons. The number of benzene rings is 2. The van der Waals surface area contributed by atoms with Crippen molar-refractivity contribution in [2.24, 2.45) is 5.92 Å². The summed E-state index contributed by atoms with van der Waals surface area (Å²) in [5, 5.41) is 2.90. The maximum absolute atomic E-state index is 12.6. The molecule has 154 valence electrons. The highest BCUT2D eigenvalue weighted by Crippen LogP contribution is 2.31. The third kappa shape index (κ3) is 5.29. The van der Waals surface area contributed by atoms with Crippen LogP contribution in [0.2, 0.25) is 0 Å². The van der Waals surface area contributed by atoms with Gasteiger partial charge in [-0.2, -0.15) is 0 Å². The molecule has 0 unspecified atom stereocenters. The van der Waals surface area contributed by atoms with Gasteiger partial charge in [-0.15, -0.1) is 0 Å². The molecule has 1 aliphatic rings. The molecule has 1 heterocycles. The smallest absolute Gasteiger partial charge is 0.255 e. The Balaban J connectivity index is 1.39. The number of pyridine rings is 1. The predicted octanol–water partition coefficient (Wildman–Crippen LogP) is 4.71. The number of anilines is 1. The summed E-state index contributed by atoms with van der Waals surface area (Å²) >= 11 is 0. The molecule has 1 amide bonds. The van der Waals surface area contributed by atoms with Gasteiger partial charge in [0.05, 0.1) is 13.7 Å². The number of amides is 1. The van der Waals surface area contributed by atoms with Crippen molar-refractivity contribution in [1.82, 2.24) is 4.98 Å². The molecule has 1 saturated carbocycles. The lowest BCUT2D eigenvalue weighted by Gasteiger charge is -2.13. The molecule has 4 rings (SSSR count). The van der Waals surface area contributed by atoms with Crippen LogP contribution in [-0.4, -0.2) is 24.6 Å². The third-order valence-corrected chi connectivity index (χ3v) is 4.84. The second-order valence-electron chi connectivity index (χ2n) is 7.25. The lowest BCUT2D eigenvalue weighted by molar-refractivity contribution is 0.102. The fourth-order valence-corrected chi connectivity index (χ4v) is 2.92. The number of carbonyl (C=O) groups excluding carboxylic acids is 1. The lowest BCUT2D eigenvalue weighted by Crippen LogP contribution is -2.12. The molecule has 2 aromatic carbocycles. The number of methoxy groups -OCH3 is 1. The van der Waals surface area contributed by atoms with Crippen LogP contribution < -0.4 is 19.5 Å². The van der Waals surface area contributed by atoms with Gasteiger partial charge in [-0.3, -0.25) is 9.78 Å². The minimum Gasteiger partial charge on any atom is -0.493 e. The van der Waals surface area contributed by atoms with Crippen molar-refractivity contribution in [1.29, 1.82) is 0 Å². The first kappa shape index (κ1) is 19.8. The Bertz CT molecular complexity index is 986. The molecule has 1 aromatic heterocycles. The fourth-order valence-electron chi connectivity index (χ4n) is 2.92. The summed E-state index contributed by atoms with van der Waals surface area (Å²) in [5.41, 5.74) is 2.12. The van der Waals surface area contributed by atoms with E-state index >= 15 is 0 Å². The number of carbonyl (C=O) groups is 1. The largest absolute Gasteiger partial charge is 0.493 e. The maximum atomic E-state index is 12.6. The standard InChI is InChI=1S/C24H24N2O4/c1-28-22-11-8-20(13-23(22)30-16-18-3-2-12-25-14-18)26-24(27)19-6-9-21(10-7-19)29-15-17-4-5-17/h2-3,6-14,17H,4-5,15-16H2,1H3,(H,26,27). The van der Waals surface area contributed by atoms with Crippen molar-refractivity contribution < 1.29 is 19.0 Å². The van der Waals surface area contributed by atoms with E-state index in [2.05, 4.69) is 10.3 Å². The zero-order chi connectivity index (χ0) is 20.8. The molecule has 1 fully saturated rings. The molecule has 3 aromatic rings. The first-order valence-electron chi connectivity index (χ1n) is 9.95. The number of rotatable bonds is 9. The van der Waals surface area contributed by atoms with E-state index in [-0.39, 0.29) is 5.91 Å². The molecule has 0 atom stereocenters. The first-order valence-corrected chi connectivity index (χ1v) is 9.95. The number of nitrogens with zero attached hydrogens (tertiary/aromatic N) is 1. The molecule has 0 aliphatic heterocycles. The molecule has 1 aliphatic carbocycles. The quantitative estimate of drug-likeness (QED) is 0.559. The Labute approximate surface area is 175 Å².